The highest BCUT2D eigenvalue weighted by atomic mass is 16.7. The number of rotatable bonds is 3. The Balaban J connectivity index is 1.61. The van der Waals surface area contributed by atoms with Crippen LogP contribution in [0.4, 0.5) is 23.0 Å². The highest BCUT2D eigenvalue weighted by Crippen LogP contribution is 2.37. The predicted molar refractivity (Wildman–Crippen MR) is 93.0 cm³/mol. The molecule has 0 spiro atoms. The molecule has 0 radical (unpaired) electrons. The standard InChI is InChI=1S/C17H21N5O2/c1-11-4-2-3-7-22(11)17-15(18)16(19-9-20-17)21-12-5-6-13-14(8-12)24-10-23-13/h5-6,8-9,11H,2-4,7,10,18H2,1H3,(H,19,20,21). The van der Waals surface area contributed by atoms with Gasteiger partial charge in [0, 0.05) is 24.3 Å². The fraction of sp³-hybridized carbons (Fsp3) is 0.412. The minimum Gasteiger partial charge on any atom is -0.454 e. The Kier molecular flexibility index (Phi) is 3.76. The molecule has 1 aromatic heterocycles. The first-order valence-electron chi connectivity index (χ1n) is 8.26. The lowest BCUT2D eigenvalue weighted by Crippen LogP contribution is -2.38. The first-order valence-corrected chi connectivity index (χ1v) is 8.26. The van der Waals surface area contributed by atoms with E-state index in [1.165, 1.54) is 12.8 Å². The van der Waals surface area contributed by atoms with Crippen LogP contribution in [-0.4, -0.2) is 29.3 Å². The third kappa shape index (κ3) is 2.66. The number of ether oxygens (including phenoxy) is 2. The van der Waals surface area contributed by atoms with Gasteiger partial charge in [-0.1, -0.05) is 0 Å². The van der Waals surface area contributed by atoms with Crippen LogP contribution in [0.2, 0.25) is 0 Å². The molecule has 1 aromatic carbocycles. The van der Waals surface area contributed by atoms with Gasteiger partial charge in [-0.3, -0.25) is 0 Å². The number of nitrogens with zero attached hydrogens (tertiary/aromatic N) is 3. The van der Waals surface area contributed by atoms with Crippen molar-refractivity contribution < 1.29 is 9.47 Å². The van der Waals surface area contributed by atoms with Crippen LogP contribution in [0.3, 0.4) is 0 Å². The van der Waals surface area contributed by atoms with Crippen molar-refractivity contribution >= 4 is 23.0 Å². The van der Waals surface area contributed by atoms with Gasteiger partial charge in [0.15, 0.2) is 23.1 Å². The van der Waals surface area contributed by atoms with Gasteiger partial charge in [-0.15, -0.1) is 0 Å². The Morgan fingerprint density at radius 2 is 2.08 bits per heavy atom. The van der Waals surface area contributed by atoms with E-state index in [2.05, 4.69) is 27.1 Å². The first kappa shape index (κ1) is 14.9. The summed E-state index contributed by atoms with van der Waals surface area (Å²) in [6, 6.07) is 6.11. The number of anilines is 4. The first-order chi connectivity index (χ1) is 11.7. The Labute approximate surface area is 140 Å². The number of fused-ring (bicyclic) bond motifs is 1. The molecule has 4 rings (SSSR count). The zero-order chi connectivity index (χ0) is 16.5. The van der Waals surface area contributed by atoms with Crippen LogP contribution < -0.4 is 25.4 Å². The summed E-state index contributed by atoms with van der Waals surface area (Å²) in [6.07, 6.45) is 5.14. The second kappa shape index (κ2) is 6.07. The molecule has 1 atom stereocenters. The zero-order valence-electron chi connectivity index (χ0n) is 13.7. The second-order valence-electron chi connectivity index (χ2n) is 6.19. The molecule has 2 aliphatic rings. The van der Waals surface area contributed by atoms with Crippen LogP contribution in [0.5, 0.6) is 11.5 Å². The third-order valence-electron chi connectivity index (χ3n) is 4.57. The summed E-state index contributed by atoms with van der Waals surface area (Å²) in [6.45, 7) is 3.45. The molecule has 1 saturated heterocycles. The molecule has 2 aliphatic heterocycles. The maximum absolute atomic E-state index is 6.35. The Bertz CT molecular complexity index is 752. The maximum atomic E-state index is 6.35. The van der Waals surface area contributed by atoms with Crippen LogP contribution in [0.25, 0.3) is 0 Å². The topological polar surface area (TPSA) is 85.5 Å². The lowest BCUT2D eigenvalue weighted by molar-refractivity contribution is 0.174. The molecule has 1 fully saturated rings. The van der Waals surface area contributed by atoms with E-state index in [1.54, 1.807) is 6.33 Å². The number of hydrogen-bond donors (Lipinski definition) is 2. The summed E-state index contributed by atoms with van der Waals surface area (Å²) in [4.78, 5) is 11.0. The fourth-order valence-electron chi connectivity index (χ4n) is 3.24. The molecule has 1 unspecified atom stereocenters. The molecule has 2 aromatic rings. The molecule has 0 saturated carbocycles. The van der Waals surface area contributed by atoms with E-state index in [4.69, 9.17) is 15.2 Å². The highest BCUT2D eigenvalue weighted by molar-refractivity contribution is 5.79. The van der Waals surface area contributed by atoms with Crippen molar-refractivity contribution in [3.63, 3.8) is 0 Å². The predicted octanol–water partition coefficient (Wildman–Crippen LogP) is 2.91. The fourth-order valence-corrected chi connectivity index (χ4v) is 3.24. The van der Waals surface area contributed by atoms with Crippen LogP contribution in [0.1, 0.15) is 26.2 Å². The average molecular weight is 327 g/mol. The smallest absolute Gasteiger partial charge is 0.231 e. The van der Waals surface area contributed by atoms with Gasteiger partial charge in [0.05, 0.1) is 0 Å². The van der Waals surface area contributed by atoms with Crippen molar-refractivity contribution in [2.45, 2.75) is 32.2 Å². The summed E-state index contributed by atoms with van der Waals surface area (Å²) >= 11 is 0. The van der Waals surface area contributed by atoms with Gasteiger partial charge in [0.1, 0.15) is 12.0 Å². The van der Waals surface area contributed by atoms with Crippen molar-refractivity contribution in [3.8, 4) is 11.5 Å². The summed E-state index contributed by atoms with van der Waals surface area (Å²) in [5.74, 6) is 2.88. The van der Waals surface area contributed by atoms with Crippen molar-refractivity contribution in [1.82, 2.24) is 9.97 Å². The lowest BCUT2D eigenvalue weighted by Gasteiger charge is -2.35. The number of nitrogens with two attached hydrogens (primary N) is 1. The van der Waals surface area contributed by atoms with E-state index in [9.17, 15) is 0 Å². The van der Waals surface area contributed by atoms with E-state index < -0.39 is 0 Å². The largest absolute Gasteiger partial charge is 0.454 e. The van der Waals surface area contributed by atoms with Crippen molar-refractivity contribution in [1.29, 1.82) is 0 Å². The van der Waals surface area contributed by atoms with E-state index in [-0.39, 0.29) is 6.79 Å². The summed E-state index contributed by atoms with van der Waals surface area (Å²) in [5, 5.41) is 3.26. The van der Waals surface area contributed by atoms with E-state index in [1.807, 2.05) is 18.2 Å². The van der Waals surface area contributed by atoms with Crippen molar-refractivity contribution in [2.24, 2.45) is 0 Å². The molecule has 3 N–H and O–H groups in total. The Morgan fingerprint density at radius 1 is 1.21 bits per heavy atom. The number of nitrogens with one attached hydrogen (secondary N) is 1. The summed E-state index contributed by atoms with van der Waals surface area (Å²) < 4.78 is 10.7. The van der Waals surface area contributed by atoms with E-state index >= 15 is 0 Å². The molecule has 126 valence electrons. The van der Waals surface area contributed by atoms with Gasteiger partial charge in [0.25, 0.3) is 0 Å². The minimum absolute atomic E-state index is 0.255. The van der Waals surface area contributed by atoms with Crippen molar-refractivity contribution in [3.05, 3.63) is 24.5 Å². The Hall–Kier alpha value is -2.70. The lowest BCUT2D eigenvalue weighted by atomic mass is 10.0. The molecule has 7 heteroatoms. The highest BCUT2D eigenvalue weighted by Gasteiger charge is 2.23. The van der Waals surface area contributed by atoms with Gasteiger partial charge >= 0.3 is 0 Å². The maximum Gasteiger partial charge on any atom is 0.231 e. The Morgan fingerprint density at radius 3 is 2.96 bits per heavy atom. The molecular formula is C17H21N5O2. The van der Waals surface area contributed by atoms with Gasteiger partial charge in [0.2, 0.25) is 6.79 Å². The molecule has 3 heterocycles. The van der Waals surface area contributed by atoms with Gasteiger partial charge in [-0.2, -0.15) is 0 Å². The number of piperidine rings is 1. The van der Waals surface area contributed by atoms with Gasteiger partial charge in [-0.05, 0) is 38.3 Å². The normalized spacial score (nSPS) is 19.4. The molecule has 7 nitrogen and oxygen atoms in total. The quantitative estimate of drug-likeness (QED) is 0.896. The SMILES string of the molecule is CC1CCCCN1c1ncnc(Nc2ccc3c(c2)OCO3)c1N. The van der Waals surface area contributed by atoms with E-state index in [0.29, 0.717) is 17.5 Å². The number of aromatic nitrogens is 2. The summed E-state index contributed by atoms with van der Waals surface area (Å²) in [5.41, 5.74) is 7.77. The molecule has 0 amide bonds. The molecule has 0 aliphatic carbocycles. The number of benzene rings is 1. The molecule has 24 heavy (non-hydrogen) atoms. The second-order valence-corrected chi connectivity index (χ2v) is 6.19. The monoisotopic (exact) mass is 327 g/mol. The summed E-state index contributed by atoms with van der Waals surface area (Å²) in [7, 11) is 0. The number of hydrogen-bond acceptors (Lipinski definition) is 7. The molecule has 0 bridgehead atoms. The number of nitrogen functional groups attached to an aromatic ring is 1. The third-order valence-corrected chi connectivity index (χ3v) is 4.57. The molecular weight excluding hydrogens is 306 g/mol. The minimum atomic E-state index is 0.255. The van der Waals surface area contributed by atoms with Gasteiger partial charge in [-0.25, -0.2) is 9.97 Å². The van der Waals surface area contributed by atoms with Crippen LogP contribution in [0, 0.1) is 0 Å². The van der Waals surface area contributed by atoms with Crippen LogP contribution in [0.15, 0.2) is 24.5 Å². The van der Waals surface area contributed by atoms with Crippen molar-refractivity contribution in [2.75, 3.05) is 29.3 Å². The van der Waals surface area contributed by atoms with Crippen LogP contribution >= 0.6 is 0 Å². The van der Waals surface area contributed by atoms with Crippen LogP contribution in [-0.2, 0) is 0 Å². The van der Waals surface area contributed by atoms with E-state index in [0.717, 1.165) is 36.0 Å². The van der Waals surface area contributed by atoms with Gasteiger partial charge < -0.3 is 25.4 Å². The average Bonchev–Trinajstić information content (AvgIpc) is 3.05. The zero-order valence-corrected chi connectivity index (χ0v) is 13.7.